The zero-order chi connectivity index (χ0) is 12.7. The van der Waals surface area contributed by atoms with Crippen molar-refractivity contribution in [1.82, 2.24) is 9.97 Å². The van der Waals surface area contributed by atoms with Crippen molar-refractivity contribution in [3.8, 4) is 11.4 Å². The lowest BCUT2D eigenvalue weighted by Gasteiger charge is -2.00. The van der Waals surface area contributed by atoms with Gasteiger partial charge in [0.2, 0.25) is 0 Å². The molecule has 18 heavy (non-hydrogen) atoms. The number of hydrogen-bond donors (Lipinski definition) is 2. The molecule has 0 unspecified atom stereocenters. The minimum atomic E-state index is 0.545. The van der Waals surface area contributed by atoms with E-state index >= 15 is 0 Å². The number of aromatic nitrogens is 2. The van der Waals surface area contributed by atoms with Gasteiger partial charge in [-0.05, 0) is 42.8 Å². The molecule has 0 fully saturated rings. The lowest BCUT2D eigenvalue weighted by molar-refractivity contribution is 1.34. The third-order valence-corrected chi connectivity index (χ3v) is 3.24. The molecule has 0 radical (unpaired) electrons. The fourth-order valence-electron chi connectivity index (χ4n) is 1.93. The van der Waals surface area contributed by atoms with E-state index in [0.717, 1.165) is 22.4 Å². The zero-order valence-electron chi connectivity index (χ0n) is 9.87. The number of aryl methyl sites for hydroxylation is 1. The molecule has 3 aromatic rings. The molecule has 1 heterocycles. The molecular formula is C14H12ClN3. The van der Waals surface area contributed by atoms with Crippen LogP contribution in [0.15, 0.2) is 36.4 Å². The molecule has 0 aliphatic carbocycles. The molecule has 90 valence electrons. The van der Waals surface area contributed by atoms with E-state index in [4.69, 9.17) is 17.3 Å². The molecule has 4 heteroatoms. The molecule has 0 spiro atoms. The van der Waals surface area contributed by atoms with Crippen molar-refractivity contribution < 1.29 is 0 Å². The number of nitrogens with one attached hydrogen (secondary N) is 1. The van der Waals surface area contributed by atoms with E-state index in [-0.39, 0.29) is 0 Å². The van der Waals surface area contributed by atoms with Crippen LogP contribution >= 0.6 is 11.6 Å². The maximum absolute atomic E-state index is 6.02. The highest BCUT2D eigenvalue weighted by atomic mass is 35.5. The number of hydrogen-bond acceptors (Lipinski definition) is 2. The number of imidazole rings is 1. The SMILES string of the molecule is Cc1ccc2nc(-c3ccc(N)c(Cl)c3)[nH]c2c1. The molecular weight excluding hydrogens is 246 g/mol. The van der Waals surface area contributed by atoms with Crippen LogP contribution in [0.5, 0.6) is 0 Å². The zero-order valence-corrected chi connectivity index (χ0v) is 10.6. The number of nitrogens with two attached hydrogens (primary N) is 1. The van der Waals surface area contributed by atoms with Crippen molar-refractivity contribution in [3.63, 3.8) is 0 Å². The molecule has 0 aliphatic heterocycles. The second-order valence-electron chi connectivity index (χ2n) is 4.34. The van der Waals surface area contributed by atoms with Gasteiger partial charge < -0.3 is 10.7 Å². The van der Waals surface area contributed by atoms with E-state index in [9.17, 15) is 0 Å². The third-order valence-electron chi connectivity index (χ3n) is 2.91. The Morgan fingerprint density at radius 2 is 2.00 bits per heavy atom. The summed E-state index contributed by atoms with van der Waals surface area (Å²) < 4.78 is 0. The predicted molar refractivity (Wildman–Crippen MR) is 75.7 cm³/mol. The van der Waals surface area contributed by atoms with Crippen molar-refractivity contribution in [2.75, 3.05) is 5.73 Å². The monoisotopic (exact) mass is 257 g/mol. The maximum atomic E-state index is 6.02. The number of fused-ring (bicyclic) bond motifs is 1. The Bertz CT molecular complexity index is 731. The summed E-state index contributed by atoms with van der Waals surface area (Å²) in [6.07, 6.45) is 0. The predicted octanol–water partition coefficient (Wildman–Crippen LogP) is 3.77. The summed E-state index contributed by atoms with van der Waals surface area (Å²) in [4.78, 5) is 7.83. The standard InChI is InChI=1S/C14H12ClN3/c1-8-2-5-12-13(6-8)18-14(17-12)9-3-4-11(16)10(15)7-9/h2-7H,16H2,1H3,(H,17,18). The van der Waals surface area contributed by atoms with Crippen LogP contribution < -0.4 is 5.73 Å². The maximum Gasteiger partial charge on any atom is 0.138 e. The number of rotatable bonds is 1. The van der Waals surface area contributed by atoms with Crippen molar-refractivity contribution >= 4 is 28.3 Å². The van der Waals surface area contributed by atoms with Crippen molar-refractivity contribution in [2.24, 2.45) is 0 Å². The number of anilines is 1. The van der Waals surface area contributed by atoms with Crippen LogP contribution in [-0.2, 0) is 0 Å². The first kappa shape index (κ1) is 11.1. The van der Waals surface area contributed by atoms with Crippen LogP contribution in [0.4, 0.5) is 5.69 Å². The van der Waals surface area contributed by atoms with E-state index in [1.807, 2.05) is 24.3 Å². The highest BCUT2D eigenvalue weighted by molar-refractivity contribution is 6.33. The van der Waals surface area contributed by atoms with Crippen molar-refractivity contribution in [3.05, 3.63) is 47.0 Å². The molecule has 3 N–H and O–H groups in total. The van der Waals surface area contributed by atoms with Crippen LogP contribution in [-0.4, -0.2) is 9.97 Å². The van der Waals surface area contributed by atoms with Gasteiger partial charge in [0.15, 0.2) is 0 Å². The Balaban J connectivity index is 2.16. The van der Waals surface area contributed by atoms with Gasteiger partial charge in [0.1, 0.15) is 5.82 Å². The molecule has 3 nitrogen and oxygen atoms in total. The highest BCUT2D eigenvalue weighted by Gasteiger charge is 2.07. The van der Waals surface area contributed by atoms with E-state index in [1.54, 1.807) is 6.07 Å². The fourth-order valence-corrected chi connectivity index (χ4v) is 2.12. The minimum Gasteiger partial charge on any atom is -0.398 e. The first-order chi connectivity index (χ1) is 8.63. The van der Waals surface area contributed by atoms with Crippen LogP contribution in [0.1, 0.15) is 5.56 Å². The molecule has 0 amide bonds. The summed E-state index contributed by atoms with van der Waals surface area (Å²) in [5, 5.41) is 0.545. The molecule has 0 aliphatic rings. The molecule has 1 aromatic heterocycles. The number of halogens is 1. The third kappa shape index (κ3) is 1.83. The van der Waals surface area contributed by atoms with Crippen molar-refractivity contribution in [1.29, 1.82) is 0 Å². The second-order valence-corrected chi connectivity index (χ2v) is 4.75. The molecule has 3 rings (SSSR count). The van der Waals surface area contributed by atoms with E-state index in [2.05, 4.69) is 23.0 Å². The van der Waals surface area contributed by atoms with Crippen LogP contribution in [0.25, 0.3) is 22.4 Å². The number of aromatic amines is 1. The Morgan fingerprint density at radius 1 is 1.17 bits per heavy atom. The first-order valence-corrected chi connectivity index (χ1v) is 6.03. The average Bonchev–Trinajstić information content (AvgIpc) is 2.75. The van der Waals surface area contributed by atoms with Gasteiger partial charge in [-0.2, -0.15) is 0 Å². The Kier molecular flexibility index (Phi) is 2.49. The van der Waals surface area contributed by atoms with Crippen molar-refractivity contribution in [2.45, 2.75) is 6.92 Å². The first-order valence-electron chi connectivity index (χ1n) is 5.65. The van der Waals surface area contributed by atoms with E-state index < -0.39 is 0 Å². The number of nitrogen functional groups attached to an aromatic ring is 1. The summed E-state index contributed by atoms with van der Waals surface area (Å²) in [5.41, 5.74) is 10.4. The van der Waals surface area contributed by atoms with Crippen LogP contribution in [0.2, 0.25) is 5.02 Å². The number of benzene rings is 2. The number of H-pyrrole nitrogens is 1. The second kappa shape index (κ2) is 4.03. The van der Waals surface area contributed by atoms with Gasteiger partial charge in [0, 0.05) is 5.56 Å². The summed E-state index contributed by atoms with van der Waals surface area (Å²) in [6.45, 7) is 2.06. The summed E-state index contributed by atoms with van der Waals surface area (Å²) >= 11 is 6.02. The Morgan fingerprint density at radius 3 is 2.78 bits per heavy atom. The quantitative estimate of drug-likeness (QED) is 0.652. The lowest BCUT2D eigenvalue weighted by Crippen LogP contribution is -1.87. The minimum absolute atomic E-state index is 0.545. The number of nitrogens with zero attached hydrogens (tertiary/aromatic N) is 1. The summed E-state index contributed by atoms with van der Waals surface area (Å²) in [6, 6.07) is 11.6. The molecule has 0 bridgehead atoms. The fraction of sp³-hybridized carbons (Fsp3) is 0.0714. The van der Waals surface area contributed by atoms with Crippen LogP contribution in [0.3, 0.4) is 0 Å². The van der Waals surface area contributed by atoms with Gasteiger partial charge in [0.25, 0.3) is 0 Å². The highest BCUT2D eigenvalue weighted by Crippen LogP contribution is 2.27. The normalized spacial score (nSPS) is 11.0. The van der Waals surface area contributed by atoms with Gasteiger partial charge in [0.05, 0.1) is 21.7 Å². The van der Waals surface area contributed by atoms with Gasteiger partial charge >= 0.3 is 0 Å². The lowest BCUT2D eigenvalue weighted by atomic mass is 10.2. The molecule has 0 atom stereocenters. The Labute approximate surface area is 110 Å². The van der Waals surface area contributed by atoms with Crippen LogP contribution in [0, 0.1) is 6.92 Å². The van der Waals surface area contributed by atoms with Gasteiger partial charge in [-0.3, -0.25) is 0 Å². The molecule has 2 aromatic carbocycles. The smallest absolute Gasteiger partial charge is 0.138 e. The largest absolute Gasteiger partial charge is 0.398 e. The molecule has 0 saturated heterocycles. The van der Waals surface area contributed by atoms with Gasteiger partial charge in [-0.25, -0.2) is 4.98 Å². The van der Waals surface area contributed by atoms with Gasteiger partial charge in [-0.15, -0.1) is 0 Å². The van der Waals surface area contributed by atoms with Gasteiger partial charge in [-0.1, -0.05) is 17.7 Å². The molecule has 0 saturated carbocycles. The summed E-state index contributed by atoms with van der Waals surface area (Å²) in [5.74, 6) is 0.803. The van der Waals surface area contributed by atoms with E-state index in [0.29, 0.717) is 10.7 Å². The average molecular weight is 258 g/mol. The summed E-state index contributed by atoms with van der Waals surface area (Å²) in [7, 11) is 0. The topological polar surface area (TPSA) is 54.7 Å². The van der Waals surface area contributed by atoms with E-state index in [1.165, 1.54) is 5.56 Å². The Hall–Kier alpha value is -2.00.